The third kappa shape index (κ3) is 4.43. The highest BCUT2D eigenvalue weighted by molar-refractivity contribution is 5.97. The third-order valence-electron chi connectivity index (χ3n) is 3.79. The molecular formula is C16H30N2O3. The van der Waals surface area contributed by atoms with Gasteiger partial charge in [-0.05, 0) is 24.7 Å². The standard InChI is InChI=1S/C16H30N2O3/c1-7-21-10-8-9-18-13(16(4,5)6)14(19)17-12(11(2)3)15(18)20/h11-13H,7-10H2,1-6H3,(H,17,19). The van der Waals surface area contributed by atoms with Gasteiger partial charge in [-0.1, -0.05) is 34.6 Å². The summed E-state index contributed by atoms with van der Waals surface area (Å²) in [7, 11) is 0. The lowest BCUT2D eigenvalue weighted by Gasteiger charge is -2.45. The molecule has 0 aromatic carbocycles. The Hall–Kier alpha value is -1.10. The number of hydrogen-bond donors (Lipinski definition) is 1. The van der Waals surface area contributed by atoms with E-state index in [9.17, 15) is 9.59 Å². The van der Waals surface area contributed by atoms with Gasteiger partial charge >= 0.3 is 0 Å². The van der Waals surface area contributed by atoms with Crippen LogP contribution in [0.25, 0.3) is 0 Å². The Labute approximate surface area is 128 Å². The molecular weight excluding hydrogens is 268 g/mol. The molecule has 1 aliphatic heterocycles. The molecule has 0 bridgehead atoms. The molecule has 122 valence electrons. The van der Waals surface area contributed by atoms with Crippen LogP contribution in [0.1, 0.15) is 48.0 Å². The Balaban J connectivity index is 2.90. The number of amides is 2. The summed E-state index contributed by atoms with van der Waals surface area (Å²) in [6, 6.07) is -0.829. The number of piperazine rings is 1. The van der Waals surface area contributed by atoms with Crippen molar-refractivity contribution >= 4 is 11.8 Å². The van der Waals surface area contributed by atoms with Crippen LogP contribution < -0.4 is 5.32 Å². The van der Waals surface area contributed by atoms with Crippen molar-refractivity contribution in [3.8, 4) is 0 Å². The lowest BCUT2D eigenvalue weighted by atomic mass is 9.82. The maximum Gasteiger partial charge on any atom is 0.246 e. The molecule has 0 aromatic rings. The first-order chi connectivity index (χ1) is 9.70. The van der Waals surface area contributed by atoms with E-state index >= 15 is 0 Å². The number of nitrogens with one attached hydrogen (secondary N) is 1. The van der Waals surface area contributed by atoms with Crippen molar-refractivity contribution in [2.24, 2.45) is 11.3 Å². The van der Waals surface area contributed by atoms with Gasteiger partial charge in [-0.3, -0.25) is 9.59 Å². The average Bonchev–Trinajstić information content (AvgIpc) is 2.35. The Morgan fingerprint density at radius 2 is 1.90 bits per heavy atom. The average molecular weight is 298 g/mol. The van der Waals surface area contributed by atoms with Gasteiger partial charge in [0.15, 0.2) is 0 Å². The lowest BCUT2D eigenvalue weighted by molar-refractivity contribution is -0.155. The van der Waals surface area contributed by atoms with Crippen LogP contribution in [-0.4, -0.2) is 48.6 Å². The molecule has 1 rings (SSSR count). The monoisotopic (exact) mass is 298 g/mol. The van der Waals surface area contributed by atoms with Crippen molar-refractivity contribution in [3.05, 3.63) is 0 Å². The second kappa shape index (κ2) is 7.25. The summed E-state index contributed by atoms with van der Waals surface area (Å²) < 4.78 is 5.34. The normalized spacial score (nSPS) is 23.7. The van der Waals surface area contributed by atoms with Crippen LogP contribution in [0.5, 0.6) is 0 Å². The number of hydrogen-bond acceptors (Lipinski definition) is 3. The van der Waals surface area contributed by atoms with Crippen molar-refractivity contribution in [2.75, 3.05) is 19.8 Å². The number of carbonyl (C=O) groups is 2. The van der Waals surface area contributed by atoms with Crippen LogP contribution in [0.4, 0.5) is 0 Å². The highest BCUT2D eigenvalue weighted by atomic mass is 16.5. The summed E-state index contributed by atoms with van der Waals surface area (Å²) in [6.45, 7) is 13.7. The predicted octanol–water partition coefficient (Wildman–Crippen LogP) is 1.81. The summed E-state index contributed by atoms with van der Waals surface area (Å²) >= 11 is 0. The van der Waals surface area contributed by atoms with Crippen molar-refractivity contribution in [1.82, 2.24) is 10.2 Å². The van der Waals surface area contributed by atoms with Crippen molar-refractivity contribution in [1.29, 1.82) is 0 Å². The summed E-state index contributed by atoms with van der Waals surface area (Å²) in [4.78, 5) is 26.9. The van der Waals surface area contributed by atoms with Gasteiger partial charge in [0, 0.05) is 19.8 Å². The van der Waals surface area contributed by atoms with Gasteiger partial charge in [-0.25, -0.2) is 0 Å². The molecule has 2 unspecified atom stereocenters. The van der Waals surface area contributed by atoms with E-state index in [4.69, 9.17) is 4.74 Å². The van der Waals surface area contributed by atoms with E-state index in [2.05, 4.69) is 5.32 Å². The molecule has 0 radical (unpaired) electrons. The molecule has 0 saturated carbocycles. The van der Waals surface area contributed by atoms with E-state index in [1.807, 2.05) is 41.5 Å². The molecule has 0 aliphatic carbocycles. The third-order valence-corrected chi connectivity index (χ3v) is 3.79. The maximum absolute atomic E-state index is 12.7. The first kappa shape index (κ1) is 18.0. The molecule has 2 amide bonds. The fourth-order valence-corrected chi connectivity index (χ4v) is 2.77. The van der Waals surface area contributed by atoms with Crippen molar-refractivity contribution < 1.29 is 14.3 Å². The zero-order valence-corrected chi connectivity index (χ0v) is 14.2. The van der Waals surface area contributed by atoms with Gasteiger partial charge in [-0.2, -0.15) is 0 Å². The zero-order chi connectivity index (χ0) is 16.2. The zero-order valence-electron chi connectivity index (χ0n) is 14.2. The number of carbonyl (C=O) groups excluding carboxylic acids is 2. The summed E-state index contributed by atoms with van der Waals surface area (Å²) in [5, 5.41) is 2.89. The number of nitrogens with zero attached hydrogens (tertiary/aromatic N) is 1. The first-order valence-corrected chi connectivity index (χ1v) is 7.88. The smallest absolute Gasteiger partial charge is 0.246 e. The fraction of sp³-hybridized carbons (Fsp3) is 0.875. The van der Waals surface area contributed by atoms with Crippen LogP contribution in [0.2, 0.25) is 0 Å². The van der Waals surface area contributed by atoms with Crippen molar-refractivity contribution in [3.63, 3.8) is 0 Å². The predicted molar refractivity (Wildman–Crippen MR) is 82.8 cm³/mol. The minimum Gasteiger partial charge on any atom is -0.382 e. The van der Waals surface area contributed by atoms with Gasteiger partial charge in [-0.15, -0.1) is 0 Å². The summed E-state index contributed by atoms with van der Waals surface area (Å²) in [5.74, 6) is 0.0787. The van der Waals surface area contributed by atoms with Crippen LogP contribution in [-0.2, 0) is 14.3 Å². The fourth-order valence-electron chi connectivity index (χ4n) is 2.77. The minimum absolute atomic E-state index is 0.0287. The van der Waals surface area contributed by atoms with E-state index in [-0.39, 0.29) is 23.1 Å². The van der Waals surface area contributed by atoms with E-state index in [1.54, 1.807) is 4.90 Å². The number of rotatable bonds is 6. The van der Waals surface area contributed by atoms with E-state index in [0.717, 1.165) is 6.42 Å². The second-order valence-electron chi connectivity index (χ2n) is 7.08. The lowest BCUT2D eigenvalue weighted by Crippen LogP contribution is -2.67. The second-order valence-corrected chi connectivity index (χ2v) is 7.08. The summed E-state index contributed by atoms with van der Waals surface area (Å²) in [5.41, 5.74) is -0.284. The molecule has 2 atom stereocenters. The molecule has 1 saturated heterocycles. The largest absolute Gasteiger partial charge is 0.382 e. The highest BCUT2D eigenvalue weighted by Crippen LogP contribution is 2.29. The molecule has 1 fully saturated rings. The van der Waals surface area contributed by atoms with Crippen molar-refractivity contribution in [2.45, 2.75) is 60.0 Å². The van der Waals surface area contributed by atoms with Crippen LogP contribution >= 0.6 is 0 Å². The van der Waals surface area contributed by atoms with Gasteiger partial charge in [0.1, 0.15) is 12.1 Å². The quantitative estimate of drug-likeness (QED) is 0.761. The molecule has 1 heterocycles. The molecule has 1 aliphatic rings. The van der Waals surface area contributed by atoms with E-state index < -0.39 is 12.1 Å². The Morgan fingerprint density at radius 1 is 1.29 bits per heavy atom. The highest BCUT2D eigenvalue weighted by Gasteiger charge is 2.46. The van der Waals surface area contributed by atoms with Gasteiger partial charge in [0.2, 0.25) is 11.8 Å². The van der Waals surface area contributed by atoms with Gasteiger partial charge in [0.25, 0.3) is 0 Å². The molecule has 1 N–H and O–H groups in total. The van der Waals surface area contributed by atoms with Crippen LogP contribution in [0.3, 0.4) is 0 Å². The maximum atomic E-state index is 12.7. The van der Waals surface area contributed by atoms with E-state index in [0.29, 0.717) is 19.8 Å². The number of ether oxygens (including phenoxy) is 1. The first-order valence-electron chi connectivity index (χ1n) is 7.88. The molecule has 0 aromatic heterocycles. The Morgan fingerprint density at radius 3 is 2.38 bits per heavy atom. The minimum atomic E-state index is -0.415. The van der Waals surface area contributed by atoms with Crippen LogP contribution in [0, 0.1) is 11.3 Å². The van der Waals surface area contributed by atoms with Crippen LogP contribution in [0.15, 0.2) is 0 Å². The molecule has 5 heteroatoms. The Bertz CT molecular complexity index is 374. The summed E-state index contributed by atoms with van der Waals surface area (Å²) in [6.07, 6.45) is 0.754. The SMILES string of the molecule is CCOCCCN1C(=O)C(C(C)C)NC(=O)C1C(C)(C)C. The van der Waals surface area contributed by atoms with Gasteiger partial charge in [0.05, 0.1) is 0 Å². The molecule has 21 heavy (non-hydrogen) atoms. The molecule has 0 spiro atoms. The van der Waals surface area contributed by atoms with Gasteiger partial charge < -0.3 is 15.0 Å². The molecule has 5 nitrogen and oxygen atoms in total. The Kier molecular flexibility index (Phi) is 6.20. The topological polar surface area (TPSA) is 58.6 Å². The van der Waals surface area contributed by atoms with E-state index in [1.165, 1.54) is 0 Å².